The number of carbonyl (C=O) groups is 1. The Labute approximate surface area is 187 Å². The van der Waals surface area contributed by atoms with Crippen LogP contribution in [0.5, 0.6) is 0 Å². The Kier molecular flexibility index (Phi) is 14.3. The quantitative estimate of drug-likeness (QED) is 0.221. The van der Waals surface area contributed by atoms with Crippen LogP contribution in [0.4, 0.5) is 13.2 Å². The van der Waals surface area contributed by atoms with Crippen molar-refractivity contribution in [2.24, 2.45) is 0 Å². The molecule has 2 nitrogen and oxygen atoms in total. The summed E-state index contributed by atoms with van der Waals surface area (Å²) in [4.78, 5) is 14.7. The van der Waals surface area contributed by atoms with Gasteiger partial charge < -0.3 is 4.90 Å². The van der Waals surface area contributed by atoms with Gasteiger partial charge in [0, 0.05) is 13.1 Å². The van der Waals surface area contributed by atoms with E-state index in [1.54, 1.807) is 4.90 Å². The number of hydrogen-bond acceptors (Lipinski definition) is 1. The van der Waals surface area contributed by atoms with Crippen molar-refractivity contribution in [3.8, 4) is 0 Å². The molecule has 1 aromatic carbocycles. The Hall–Kier alpha value is -1.52. The van der Waals surface area contributed by atoms with Gasteiger partial charge in [0.1, 0.15) is 0 Å². The van der Waals surface area contributed by atoms with E-state index in [4.69, 9.17) is 0 Å². The third-order valence-corrected chi connectivity index (χ3v) is 5.81. The van der Waals surface area contributed by atoms with Crippen LogP contribution >= 0.6 is 0 Å². The van der Waals surface area contributed by atoms with Crippen molar-refractivity contribution in [1.29, 1.82) is 0 Å². The van der Waals surface area contributed by atoms with Crippen molar-refractivity contribution in [1.82, 2.24) is 4.90 Å². The molecule has 0 bridgehead atoms. The number of halogens is 3. The highest BCUT2D eigenvalue weighted by Crippen LogP contribution is 2.32. The molecule has 0 unspecified atom stereocenters. The van der Waals surface area contributed by atoms with Gasteiger partial charge in [-0.1, -0.05) is 103 Å². The molecule has 0 aromatic heterocycles. The van der Waals surface area contributed by atoms with Gasteiger partial charge in [-0.3, -0.25) is 4.79 Å². The zero-order valence-corrected chi connectivity index (χ0v) is 19.6. The molecule has 1 rings (SSSR count). The number of nitrogens with zero attached hydrogens (tertiary/aromatic N) is 1. The molecular weight excluding hydrogens is 399 g/mol. The van der Waals surface area contributed by atoms with Gasteiger partial charge in [0.2, 0.25) is 0 Å². The predicted molar refractivity (Wildman–Crippen MR) is 123 cm³/mol. The van der Waals surface area contributed by atoms with Gasteiger partial charge in [0.05, 0.1) is 11.1 Å². The van der Waals surface area contributed by atoms with Gasteiger partial charge in [-0.05, 0) is 25.0 Å². The molecule has 0 fully saturated rings. The monoisotopic (exact) mass is 441 g/mol. The summed E-state index contributed by atoms with van der Waals surface area (Å²) in [5, 5.41) is 0. The van der Waals surface area contributed by atoms with Crippen molar-refractivity contribution in [2.75, 3.05) is 13.1 Å². The van der Waals surface area contributed by atoms with Gasteiger partial charge >= 0.3 is 6.18 Å². The lowest BCUT2D eigenvalue weighted by Crippen LogP contribution is -2.34. The average molecular weight is 442 g/mol. The van der Waals surface area contributed by atoms with E-state index in [9.17, 15) is 18.0 Å². The number of benzene rings is 1. The number of amides is 1. The molecule has 0 heterocycles. The average Bonchev–Trinajstić information content (AvgIpc) is 2.75. The normalized spacial score (nSPS) is 11.6. The van der Waals surface area contributed by atoms with E-state index < -0.39 is 17.6 Å². The molecule has 0 aliphatic rings. The van der Waals surface area contributed by atoms with Crippen LogP contribution in [0, 0.1) is 0 Å². The van der Waals surface area contributed by atoms with Gasteiger partial charge in [-0.2, -0.15) is 13.2 Å². The number of hydrogen-bond donors (Lipinski definition) is 0. The standard InChI is InChI=1S/C26H42F3NO/c1-3-5-7-9-11-13-17-21-30(22-18-14-12-10-8-6-4-2)25(31)23-19-15-16-20-24(23)26(27,28)29/h15-16,19-20H,3-14,17-18,21-22H2,1-2H3. The predicted octanol–water partition coefficient (Wildman–Crippen LogP) is 8.65. The summed E-state index contributed by atoms with van der Waals surface area (Å²) in [5.41, 5.74) is -1.05. The fourth-order valence-electron chi connectivity index (χ4n) is 3.92. The maximum Gasteiger partial charge on any atom is 0.417 e. The molecule has 0 aliphatic carbocycles. The number of carbonyl (C=O) groups excluding carboxylic acids is 1. The van der Waals surface area contributed by atoms with Crippen LogP contribution in [0.3, 0.4) is 0 Å². The van der Waals surface area contributed by atoms with Crippen LogP contribution in [-0.2, 0) is 6.18 Å². The van der Waals surface area contributed by atoms with Crippen molar-refractivity contribution < 1.29 is 18.0 Å². The molecule has 1 aromatic rings. The molecule has 5 heteroatoms. The third-order valence-electron chi connectivity index (χ3n) is 5.81. The van der Waals surface area contributed by atoms with Crippen molar-refractivity contribution in [2.45, 2.75) is 110 Å². The van der Waals surface area contributed by atoms with Crippen LogP contribution in [0.1, 0.15) is 120 Å². The van der Waals surface area contributed by atoms with E-state index in [0.717, 1.165) is 44.6 Å². The van der Waals surface area contributed by atoms with Gasteiger partial charge in [0.15, 0.2) is 0 Å². The molecule has 0 spiro atoms. The van der Waals surface area contributed by atoms with Crippen LogP contribution in [0.25, 0.3) is 0 Å². The van der Waals surface area contributed by atoms with Crippen molar-refractivity contribution in [3.05, 3.63) is 35.4 Å². The van der Waals surface area contributed by atoms with Crippen LogP contribution < -0.4 is 0 Å². The van der Waals surface area contributed by atoms with E-state index >= 15 is 0 Å². The summed E-state index contributed by atoms with van der Waals surface area (Å²) in [6.07, 6.45) is 11.2. The first-order valence-electron chi connectivity index (χ1n) is 12.4. The molecule has 0 atom stereocenters. The first-order valence-corrected chi connectivity index (χ1v) is 12.4. The van der Waals surface area contributed by atoms with Crippen molar-refractivity contribution in [3.63, 3.8) is 0 Å². The Morgan fingerprint density at radius 3 is 1.58 bits per heavy atom. The summed E-state index contributed by atoms with van der Waals surface area (Å²) in [6, 6.07) is 5.18. The van der Waals surface area contributed by atoms with Crippen LogP contribution in [0.15, 0.2) is 24.3 Å². The lowest BCUT2D eigenvalue weighted by Gasteiger charge is -2.24. The largest absolute Gasteiger partial charge is 0.417 e. The minimum Gasteiger partial charge on any atom is -0.339 e. The number of alkyl halides is 3. The minimum absolute atomic E-state index is 0.221. The number of unbranched alkanes of at least 4 members (excludes halogenated alkanes) is 12. The number of rotatable bonds is 17. The topological polar surface area (TPSA) is 20.3 Å². The van der Waals surface area contributed by atoms with E-state index in [2.05, 4.69) is 13.8 Å². The van der Waals surface area contributed by atoms with E-state index in [-0.39, 0.29) is 5.56 Å². The molecule has 0 aliphatic heterocycles. The fourth-order valence-corrected chi connectivity index (χ4v) is 3.92. The molecule has 178 valence electrons. The van der Waals surface area contributed by atoms with E-state index in [1.807, 2.05) is 0 Å². The van der Waals surface area contributed by atoms with Crippen LogP contribution in [0.2, 0.25) is 0 Å². The smallest absolute Gasteiger partial charge is 0.339 e. The highest BCUT2D eigenvalue weighted by atomic mass is 19.4. The molecule has 1 amide bonds. The molecule has 0 saturated heterocycles. The summed E-state index contributed by atoms with van der Waals surface area (Å²) < 4.78 is 40.2. The molecule has 0 radical (unpaired) electrons. The Balaban J connectivity index is 2.65. The summed E-state index contributed by atoms with van der Waals surface area (Å²) in [7, 11) is 0. The molecule has 31 heavy (non-hydrogen) atoms. The van der Waals surface area contributed by atoms with E-state index in [0.29, 0.717) is 13.1 Å². The summed E-state index contributed by atoms with van der Waals surface area (Å²) >= 11 is 0. The third kappa shape index (κ3) is 11.6. The maximum atomic E-state index is 13.4. The lowest BCUT2D eigenvalue weighted by atomic mass is 10.0. The zero-order valence-electron chi connectivity index (χ0n) is 19.6. The fraction of sp³-hybridized carbons (Fsp3) is 0.731. The van der Waals surface area contributed by atoms with Crippen LogP contribution in [-0.4, -0.2) is 23.9 Å². The molecule has 0 N–H and O–H groups in total. The van der Waals surface area contributed by atoms with E-state index in [1.165, 1.54) is 69.6 Å². The Morgan fingerprint density at radius 1 is 0.710 bits per heavy atom. The summed E-state index contributed by atoms with van der Waals surface area (Å²) in [5.74, 6) is -0.482. The first-order chi connectivity index (χ1) is 14.9. The second-order valence-corrected chi connectivity index (χ2v) is 8.58. The minimum atomic E-state index is -4.52. The maximum absolute atomic E-state index is 13.4. The van der Waals surface area contributed by atoms with Gasteiger partial charge in [0.25, 0.3) is 5.91 Å². The summed E-state index contributed by atoms with van der Waals surface area (Å²) in [6.45, 7) is 5.45. The zero-order chi connectivity index (χ0) is 23.0. The Morgan fingerprint density at radius 2 is 1.13 bits per heavy atom. The highest BCUT2D eigenvalue weighted by Gasteiger charge is 2.35. The molecular formula is C26H42F3NO. The highest BCUT2D eigenvalue weighted by molar-refractivity contribution is 5.95. The Bertz CT molecular complexity index is 583. The van der Waals surface area contributed by atoms with Gasteiger partial charge in [-0.25, -0.2) is 0 Å². The molecule has 0 saturated carbocycles. The SMILES string of the molecule is CCCCCCCCCN(CCCCCCCCC)C(=O)c1ccccc1C(F)(F)F. The first kappa shape index (κ1) is 27.5. The second-order valence-electron chi connectivity index (χ2n) is 8.58. The van der Waals surface area contributed by atoms with Crippen molar-refractivity contribution >= 4 is 5.91 Å². The van der Waals surface area contributed by atoms with Gasteiger partial charge in [-0.15, -0.1) is 0 Å². The second kappa shape index (κ2) is 16.2. The lowest BCUT2D eigenvalue weighted by molar-refractivity contribution is -0.138.